The number of cyclic esters (lactones) is 1. The fourth-order valence-corrected chi connectivity index (χ4v) is 2.28. The normalized spacial score (nSPS) is 16.2. The highest BCUT2D eigenvalue weighted by molar-refractivity contribution is 6.30. The average molecular weight is 352 g/mol. The Morgan fingerprint density at radius 2 is 1.71 bits per heavy atom. The SMILES string of the molecule is O=C1OC(c2ccc(Cl)cc2)=NC1=Cc1ccccc1C(F)(F)F. The van der Waals surface area contributed by atoms with Crippen LogP contribution in [0.25, 0.3) is 6.08 Å². The van der Waals surface area contributed by atoms with E-state index in [2.05, 4.69) is 4.99 Å². The summed E-state index contributed by atoms with van der Waals surface area (Å²) in [6, 6.07) is 11.3. The molecular formula is C17H9ClF3NO2. The second-order valence-corrected chi connectivity index (χ2v) is 5.36. The van der Waals surface area contributed by atoms with Crippen molar-refractivity contribution in [1.82, 2.24) is 0 Å². The number of esters is 1. The Morgan fingerprint density at radius 3 is 2.38 bits per heavy atom. The van der Waals surface area contributed by atoms with Gasteiger partial charge in [-0.15, -0.1) is 0 Å². The molecule has 0 N–H and O–H groups in total. The van der Waals surface area contributed by atoms with Crippen LogP contribution < -0.4 is 0 Å². The van der Waals surface area contributed by atoms with E-state index >= 15 is 0 Å². The highest BCUT2D eigenvalue weighted by Gasteiger charge is 2.33. The lowest BCUT2D eigenvalue weighted by Gasteiger charge is -2.09. The van der Waals surface area contributed by atoms with E-state index in [1.807, 2.05) is 0 Å². The summed E-state index contributed by atoms with van der Waals surface area (Å²) in [5.41, 5.74) is -0.699. The van der Waals surface area contributed by atoms with Crippen molar-refractivity contribution in [2.24, 2.45) is 4.99 Å². The first-order valence-corrected chi connectivity index (χ1v) is 7.17. The van der Waals surface area contributed by atoms with Crippen LogP contribution in [0, 0.1) is 0 Å². The standard InChI is InChI=1S/C17H9ClF3NO2/c18-12-7-5-10(6-8-12)15-22-14(16(23)24-15)9-11-3-1-2-4-13(11)17(19,20)21/h1-9H. The minimum absolute atomic E-state index is 0.0207. The third-order valence-corrected chi connectivity index (χ3v) is 3.52. The number of nitrogens with zero attached hydrogens (tertiary/aromatic N) is 1. The molecule has 0 radical (unpaired) electrons. The van der Waals surface area contributed by atoms with E-state index in [0.29, 0.717) is 10.6 Å². The van der Waals surface area contributed by atoms with Crippen LogP contribution in [-0.2, 0) is 15.7 Å². The lowest BCUT2D eigenvalue weighted by atomic mass is 10.1. The monoisotopic (exact) mass is 351 g/mol. The van der Waals surface area contributed by atoms with Gasteiger partial charge in [-0.05, 0) is 42.0 Å². The van der Waals surface area contributed by atoms with E-state index in [4.69, 9.17) is 16.3 Å². The second kappa shape index (κ2) is 6.13. The van der Waals surface area contributed by atoms with Gasteiger partial charge in [0.2, 0.25) is 5.90 Å². The highest BCUT2D eigenvalue weighted by Crippen LogP contribution is 2.33. The van der Waals surface area contributed by atoms with Crippen molar-refractivity contribution in [3.63, 3.8) is 0 Å². The smallest absolute Gasteiger partial charge is 0.402 e. The molecule has 1 aliphatic heterocycles. The third-order valence-electron chi connectivity index (χ3n) is 3.27. The molecule has 24 heavy (non-hydrogen) atoms. The van der Waals surface area contributed by atoms with Crippen molar-refractivity contribution in [2.45, 2.75) is 6.18 Å². The van der Waals surface area contributed by atoms with Gasteiger partial charge in [0.05, 0.1) is 5.56 Å². The third kappa shape index (κ3) is 3.33. The van der Waals surface area contributed by atoms with Crippen molar-refractivity contribution in [3.05, 3.63) is 75.9 Å². The van der Waals surface area contributed by atoms with Crippen LogP contribution in [-0.4, -0.2) is 11.9 Å². The zero-order valence-corrected chi connectivity index (χ0v) is 12.7. The fraction of sp³-hybridized carbons (Fsp3) is 0.0588. The van der Waals surface area contributed by atoms with E-state index in [-0.39, 0.29) is 17.2 Å². The topological polar surface area (TPSA) is 38.7 Å². The lowest BCUT2D eigenvalue weighted by Crippen LogP contribution is -2.08. The maximum atomic E-state index is 13.0. The Balaban J connectivity index is 1.99. The lowest BCUT2D eigenvalue weighted by molar-refractivity contribution is -0.137. The summed E-state index contributed by atoms with van der Waals surface area (Å²) in [6.45, 7) is 0. The molecule has 3 nitrogen and oxygen atoms in total. The van der Waals surface area contributed by atoms with Gasteiger partial charge in [-0.2, -0.15) is 13.2 Å². The molecule has 0 saturated carbocycles. The van der Waals surface area contributed by atoms with Crippen LogP contribution in [0.1, 0.15) is 16.7 Å². The number of ether oxygens (including phenoxy) is 1. The number of carbonyl (C=O) groups is 1. The molecule has 7 heteroatoms. The summed E-state index contributed by atoms with van der Waals surface area (Å²) in [7, 11) is 0. The molecule has 3 rings (SSSR count). The van der Waals surface area contributed by atoms with Gasteiger partial charge >= 0.3 is 12.1 Å². The van der Waals surface area contributed by atoms with Gasteiger partial charge in [0.1, 0.15) is 0 Å². The number of halogens is 4. The number of rotatable bonds is 2. The molecule has 0 bridgehead atoms. The minimum Gasteiger partial charge on any atom is -0.402 e. The zero-order chi connectivity index (χ0) is 17.3. The van der Waals surface area contributed by atoms with Crippen LogP contribution in [0.2, 0.25) is 5.02 Å². The van der Waals surface area contributed by atoms with Gasteiger partial charge in [0.25, 0.3) is 0 Å². The second-order valence-electron chi connectivity index (χ2n) is 4.93. The highest BCUT2D eigenvalue weighted by atomic mass is 35.5. The maximum Gasteiger partial charge on any atom is 0.416 e. The van der Waals surface area contributed by atoms with Crippen LogP contribution >= 0.6 is 11.6 Å². The molecular weight excluding hydrogens is 343 g/mol. The Bertz CT molecular complexity index is 855. The molecule has 0 atom stereocenters. The molecule has 0 aliphatic carbocycles. The van der Waals surface area contributed by atoms with E-state index in [1.54, 1.807) is 24.3 Å². The first kappa shape index (κ1) is 16.3. The van der Waals surface area contributed by atoms with Crippen molar-refractivity contribution in [3.8, 4) is 0 Å². The van der Waals surface area contributed by atoms with E-state index in [9.17, 15) is 18.0 Å². The van der Waals surface area contributed by atoms with Gasteiger partial charge in [0, 0.05) is 10.6 Å². The van der Waals surface area contributed by atoms with Crippen molar-refractivity contribution in [2.75, 3.05) is 0 Å². The molecule has 2 aromatic rings. The van der Waals surface area contributed by atoms with Gasteiger partial charge in [0.15, 0.2) is 5.70 Å². The molecule has 1 heterocycles. The maximum absolute atomic E-state index is 13.0. The predicted molar refractivity (Wildman–Crippen MR) is 83.5 cm³/mol. The van der Waals surface area contributed by atoms with Gasteiger partial charge in [-0.1, -0.05) is 29.8 Å². The molecule has 1 aliphatic rings. The van der Waals surface area contributed by atoms with Crippen molar-refractivity contribution >= 4 is 29.5 Å². The molecule has 2 aromatic carbocycles. The first-order chi connectivity index (χ1) is 11.3. The predicted octanol–water partition coefficient (Wildman–Crippen LogP) is 4.70. The van der Waals surface area contributed by atoms with Crippen LogP contribution in [0.15, 0.2) is 59.2 Å². The van der Waals surface area contributed by atoms with Crippen LogP contribution in [0.5, 0.6) is 0 Å². The first-order valence-electron chi connectivity index (χ1n) is 6.79. The molecule has 0 aromatic heterocycles. The van der Waals surface area contributed by atoms with Gasteiger partial charge in [-0.25, -0.2) is 9.79 Å². The number of carbonyl (C=O) groups excluding carboxylic acids is 1. The summed E-state index contributed by atoms with van der Waals surface area (Å²) in [5, 5.41) is 0.499. The fourth-order valence-electron chi connectivity index (χ4n) is 2.15. The van der Waals surface area contributed by atoms with Crippen molar-refractivity contribution < 1.29 is 22.7 Å². The largest absolute Gasteiger partial charge is 0.416 e. The Morgan fingerprint density at radius 1 is 1.04 bits per heavy atom. The summed E-state index contributed by atoms with van der Waals surface area (Å²) in [4.78, 5) is 15.9. The summed E-state index contributed by atoms with van der Waals surface area (Å²) in [5.74, 6) is -0.788. The number of alkyl halides is 3. The molecule has 0 saturated heterocycles. The average Bonchev–Trinajstić information content (AvgIpc) is 2.88. The Kier molecular flexibility index (Phi) is 4.15. The summed E-state index contributed by atoms with van der Waals surface area (Å²) >= 11 is 5.78. The molecule has 0 fully saturated rings. The number of hydrogen-bond acceptors (Lipinski definition) is 3. The van der Waals surface area contributed by atoms with Crippen LogP contribution in [0.4, 0.5) is 13.2 Å². The van der Waals surface area contributed by atoms with Gasteiger partial charge in [-0.3, -0.25) is 0 Å². The van der Waals surface area contributed by atoms with E-state index in [1.165, 1.54) is 18.2 Å². The van der Waals surface area contributed by atoms with Crippen molar-refractivity contribution in [1.29, 1.82) is 0 Å². The number of aliphatic imine (C=N–C) groups is 1. The molecule has 0 amide bonds. The Hall–Kier alpha value is -2.60. The molecule has 122 valence electrons. The summed E-state index contributed by atoms with van der Waals surface area (Å²) in [6.07, 6.45) is -3.47. The number of hydrogen-bond donors (Lipinski definition) is 0. The van der Waals surface area contributed by atoms with Gasteiger partial charge < -0.3 is 4.74 Å². The molecule has 0 unspecified atom stereocenters. The molecule has 0 spiro atoms. The van der Waals surface area contributed by atoms with Crippen LogP contribution in [0.3, 0.4) is 0 Å². The summed E-state index contributed by atoms with van der Waals surface area (Å²) < 4.78 is 44.0. The minimum atomic E-state index is -4.53. The zero-order valence-electron chi connectivity index (χ0n) is 12.0. The van der Waals surface area contributed by atoms with E-state index in [0.717, 1.165) is 12.1 Å². The number of benzene rings is 2. The van der Waals surface area contributed by atoms with E-state index < -0.39 is 17.7 Å². The quantitative estimate of drug-likeness (QED) is 0.581. The Labute approximate surface area is 140 Å².